The minimum atomic E-state index is -1.19. The van der Waals surface area contributed by atoms with E-state index in [4.69, 9.17) is 11.1 Å². The maximum Gasteiger partial charge on any atom is 0.354 e. The molecule has 4 heterocycles. The van der Waals surface area contributed by atoms with Crippen molar-refractivity contribution in [3.05, 3.63) is 48.2 Å². The summed E-state index contributed by atoms with van der Waals surface area (Å²) < 4.78 is 0. The molecule has 2 unspecified atom stereocenters. The Kier molecular flexibility index (Phi) is 5.69. The lowest BCUT2D eigenvalue weighted by molar-refractivity contribution is 0.0690. The van der Waals surface area contributed by atoms with E-state index >= 15 is 0 Å². The average molecular weight is 518 g/mol. The number of rotatable bonds is 6. The van der Waals surface area contributed by atoms with Gasteiger partial charge in [-0.2, -0.15) is 0 Å². The standard InChI is InChI=1S/C26H31N9O3/c1-33-16-6-9-34(14-16)19(22(33)28)5-2-15-10-26(11-15)12-20(26)35(25(38)32-21-13-29-7-8-30-21)23-17(27)3-4-18(31-23)24(36)37/h3-5,7-8,13,15-16,20,28H,2,6,9-12,14,27H2,1H3,(H,36,37)(H,30,32,38)/b19-5+,28-22?. The number of carboxylic acid groups (broad SMARTS) is 1. The van der Waals surface area contributed by atoms with Gasteiger partial charge < -0.3 is 20.6 Å². The van der Waals surface area contributed by atoms with Gasteiger partial charge in [0, 0.05) is 44.6 Å². The summed E-state index contributed by atoms with van der Waals surface area (Å²) in [5.41, 5.74) is 7.24. The molecule has 2 aromatic rings. The van der Waals surface area contributed by atoms with Gasteiger partial charge in [0.25, 0.3) is 0 Å². The smallest absolute Gasteiger partial charge is 0.354 e. The van der Waals surface area contributed by atoms with E-state index in [2.05, 4.69) is 36.1 Å². The number of carbonyl (C=O) groups is 2. The van der Waals surface area contributed by atoms with E-state index in [1.807, 2.05) is 7.05 Å². The summed E-state index contributed by atoms with van der Waals surface area (Å²) in [6.07, 6.45) is 11.3. The summed E-state index contributed by atoms with van der Waals surface area (Å²) >= 11 is 0. The number of fused-ring (bicyclic) bond motifs is 2. The van der Waals surface area contributed by atoms with Crippen LogP contribution in [0.5, 0.6) is 0 Å². The van der Waals surface area contributed by atoms with Crippen LogP contribution in [0.4, 0.5) is 22.1 Å². The van der Waals surface area contributed by atoms with Crippen LogP contribution in [0.25, 0.3) is 0 Å². The molecular weight excluding hydrogens is 486 g/mol. The number of aromatic carboxylic acids is 1. The van der Waals surface area contributed by atoms with E-state index in [9.17, 15) is 14.7 Å². The number of nitrogens with one attached hydrogen (secondary N) is 2. The van der Waals surface area contributed by atoms with Crippen molar-refractivity contribution in [2.45, 2.75) is 44.2 Å². The van der Waals surface area contributed by atoms with Gasteiger partial charge in [0.2, 0.25) is 0 Å². The number of amidine groups is 1. The highest BCUT2D eigenvalue weighted by molar-refractivity contribution is 6.03. The van der Waals surface area contributed by atoms with Crippen molar-refractivity contribution in [3.63, 3.8) is 0 Å². The zero-order valence-corrected chi connectivity index (χ0v) is 21.2. The molecule has 5 N–H and O–H groups in total. The van der Waals surface area contributed by atoms with Crippen molar-refractivity contribution in [2.75, 3.05) is 36.1 Å². The number of carboxylic acids is 1. The minimum absolute atomic E-state index is 0.0498. The lowest BCUT2D eigenvalue weighted by Crippen LogP contribution is -2.46. The zero-order valence-electron chi connectivity index (χ0n) is 21.2. The number of nitrogens with two attached hydrogens (primary N) is 1. The second-order valence-corrected chi connectivity index (χ2v) is 10.8. The van der Waals surface area contributed by atoms with Gasteiger partial charge in [-0.25, -0.2) is 19.6 Å². The Hall–Kier alpha value is -4.22. The van der Waals surface area contributed by atoms with Gasteiger partial charge in [0.05, 0.1) is 17.6 Å². The molecule has 2 saturated heterocycles. The highest BCUT2D eigenvalue weighted by Crippen LogP contribution is 2.66. The number of nitrogens with zero attached hydrogens (tertiary/aromatic N) is 6. The first-order valence-corrected chi connectivity index (χ1v) is 12.9. The van der Waals surface area contributed by atoms with Crippen LogP contribution in [-0.2, 0) is 0 Å². The number of amides is 2. The van der Waals surface area contributed by atoms with Crippen LogP contribution in [0.3, 0.4) is 0 Å². The molecule has 12 nitrogen and oxygen atoms in total. The Bertz CT molecular complexity index is 1320. The van der Waals surface area contributed by atoms with Gasteiger partial charge in [-0.15, -0.1) is 0 Å². The van der Waals surface area contributed by atoms with Gasteiger partial charge in [0.15, 0.2) is 17.3 Å². The number of pyridine rings is 1. The summed E-state index contributed by atoms with van der Waals surface area (Å²) in [7, 11) is 2.01. The van der Waals surface area contributed by atoms with Crippen LogP contribution >= 0.6 is 0 Å². The predicted molar refractivity (Wildman–Crippen MR) is 141 cm³/mol. The molecule has 12 heteroatoms. The summed E-state index contributed by atoms with van der Waals surface area (Å²) in [5, 5.41) is 20.8. The highest BCUT2D eigenvalue weighted by atomic mass is 16.4. The summed E-state index contributed by atoms with van der Waals surface area (Å²) in [5.74, 6) is 0.301. The minimum Gasteiger partial charge on any atom is -0.477 e. The van der Waals surface area contributed by atoms with E-state index in [-0.39, 0.29) is 34.5 Å². The van der Waals surface area contributed by atoms with Crippen molar-refractivity contribution in [1.82, 2.24) is 24.8 Å². The van der Waals surface area contributed by atoms with Crippen molar-refractivity contribution in [3.8, 4) is 0 Å². The first kappa shape index (κ1) is 24.1. The number of urea groups is 1. The molecule has 2 saturated carbocycles. The van der Waals surface area contributed by atoms with Crippen molar-refractivity contribution < 1.29 is 14.7 Å². The zero-order chi connectivity index (χ0) is 26.6. The molecule has 1 spiro atoms. The van der Waals surface area contributed by atoms with Crippen molar-refractivity contribution in [2.24, 2.45) is 11.3 Å². The molecule has 2 aliphatic heterocycles. The Balaban J connectivity index is 1.19. The Morgan fingerprint density at radius 1 is 1.32 bits per heavy atom. The molecular formula is C26H31N9O3. The van der Waals surface area contributed by atoms with Crippen LogP contribution in [0.2, 0.25) is 0 Å². The van der Waals surface area contributed by atoms with Gasteiger partial charge in [-0.1, -0.05) is 6.08 Å². The molecule has 4 fully saturated rings. The van der Waals surface area contributed by atoms with Gasteiger partial charge in [-0.3, -0.25) is 20.6 Å². The van der Waals surface area contributed by atoms with Crippen molar-refractivity contribution in [1.29, 1.82) is 5.41 Å². The van der Waals surface area contributed by atoms with Crippen LogP contribution < -0.4 is 16.0 Å². The van der Waals surface area contributed by atoms with Crippen LogP contribution in [0.1, 0.15) is 42.6 Å². The number of hydrogen-bond acceptors (Lipinski definition) is 8. The monoisotopic (exact) mass is 517 g/mol. The van der Waals surface area contributed by atoms with Gasteiger partial charge in [-0.05, 0) is 55.6 Å². The van der Waals surface area contributed by atoms with Crippen LogP contribution in [0.15, 0.2) is 42.5 Å². The fourth-order valence-corrected chi connectivity index (χ4v) is 6.37. The third-order valence-corrected chi connectivity index (χ3v) is 8.51. The number of piperazine rings is 1. The molecule has 38 heavy (non-hydrogen) atoms. The van der Waals surface area contributed by atoms with Crippen LogP contribution in [-0.4, -0.2) is 79.9 Å². The number of likely N-dealkylation sites (N-methyl/N-ethyl adjacent to an activating group) is 1. The third kappa shape index (κ3) is 4.09. The molecule has 198 valence electrons. The van der Waals surface area contributed by atoms with E-state index in [0.717, 1.165) is 50.9 Å². The first-order chi connectivity index (χ1) is 18.3. The second kappa shape index (κ2) is 8.96. The maximum absolute atomic E-state index is 13.5. The molecule has 2 amide bonds. The average Bonchev–Trinajstić information content (AvgIpc) is 3.43. The SMILES string of the molecule is CN1C(=N)/C(=C\CC2CC3(C2)CC3N(C(=O)Nc2cnccn2)c2nc(C(=O)O)ccc2N)N2CCC1C2. The normalized spacial score (nSPS) is 28.4. The number of carbonyl (C=O) groups excluding carboxylic acids is 1. The van der Waals surface area contributed by atoms with E-state index in [1.165, 1.54) is 35.6 Å². The second-order valence-electron chi connectivity index (χ2n) is 10.8. The molecule has 2 aliphatic carbocycles. The van der Waals surface area contributed by atoms with Gasteiger partial charge >= 0.3 is 12.0 Å². The van der Waals surface area contributed by atoms with E-state index < -0.39 is 12.0 Å². The van der Waals surface area contributed by atoms with E-state index in [0.29, 0.717) is 17.8 Å². The number of nitrogen functional groups attached to an aromatic ring is 1. The van der Waals surface area contributed by atoms with E-state index in [1.54, 1.807) is 0 Å². The Labute approximate surface area is 220 Å². The predicted octanol–water partition coefficient (Wildman–Crippen LogP) is 2.63. The van der Waals surface area contributed by atoms with Crippen molar-refractivity contribution >= 4 is 35.2 Å². The summed E-state index contributed by atoms with van der Waals surface area (Å²) in [4.78, 5) is 43.3. The first-order valence-electron chi connectivity index (χ1n) is 12.9. The largest absolute Gasteiger partial charge is 0.477 e. The topological polar surface area (TPSA) is 165 Å². The quantitative estimate of drug-likeness (QED) is 0.451. The molecule has 0 aromatic carbocycles. The van der Waals surface area contributed by atoms with Gasteiger partial charge in [0.1, 0.15) is 5.84 Å². The fourth-order valence-electron chi connectivity index (χ4n) is 6.37. The maximum atomic E-state index is 13.5. The molecule has 4 aliphatic rings. The summed E-state index contributed by atoms with van der Waals surface area (Å²) in [6, 6.07) is 2.62. The third-order valence-electron chi connectivity index (χ3n) is 8.51. The van der Waals surface area contributed by atoms with Crippen LogP contribution in [0, 0.1) is 16.7 Å². The highest BCUT2D eigenvalue weighted by Gasteiger charge is 2.65. The Morgan fingerprint density at radius 3 is 2.87 bits per heavy atom. The number of aromatic nitrogens is 3. The summed E-state index contributed by atoms with van der Waals surface area (Å²) in [6.45, 7) is 1.99. The molecule has 2 aromatic heterocycles. The lowest BCUT2D eigenvalue weighted by Gasteiger charge is -2.40. The fraction of sp³-hybridized carbons (Fsp3) is 0.462. The molecule has 2 atom stereocenters. The number of allylic oxidation sites excluding steroid dienone is 1. The molecule has 0 radical (unpaired) electrons. The number of hydrogen-bond donors (Lipinski definition) is 4. The molecule has 2 bridgehead atoms. The Morgan fingerprint density at radius 2 is 2.13 bits per heavy atom. The molecule has 6 rings (SSSR count). The lowest BCUT2D eigenvalue weighted by atomic mass is 9.69. The number of anilines is 3.